The van der Waals surface area contributed by atoms with Crippen LogP contribution in [0.2, 0.25) is 0 Å². The first kappa shape index (κ1) is 5.83. The van der Waals surface area contributed by atoms with Crippen molar-refractivity contribution < 1.29 is 4.74 Å². The molecule has 0 aromatic rings. The quantitative estimate of drug-likeness (QED) is 0.434. The van der Waals surface area contributed by atoms with Gasteiger partial charge in [-0.15, -0.1) is 0 Å². The summed E-state index contributed by atoms with van der Waals surface area (Å²) >= 11 is 0. The van der Waals surface area contributed by atoms with Crippen molar-refractivity contribution in [1.29, 1.82) is 0 Å². The molecule has 1 rings (SSSR count). The molecular formula is C7H12O. The van der Waals surface area contributed by atoms with Crippen molar-refractivity contribution in [2.75, 3.05) is 6.61 Å². The van der Waals surface area contributed by atoms with Gasteiger partial charge in [0.2, 0.25) is 0 Å². The van der Waals surface area contributed by atoms with Crippen molar-refractivity contribution >= 4 is 0 Å². The van der Waals surface area contributed by atoms with E-state index in [1.165, 1.54) is 5.57 Å². The predicted octanol–water partition coefficient (Wildman–Crippen LogP) is 1.74. The summed E-state index contributed by atoms with van der Waals surface area (Å²) in [5.41, 5.74) is 1.34. The molecule has 0 amide bonds. The van der Waals surface area contributed by atoms with Crippen LogP contribution in [0.15, 0.2) is 12.2 Å². The number of hydrogen-bond acceptors (Lipinski definition) is 1. The van der Waals surface area contributed by atoms with E-state index < -0.39 is 0 Å². The fourth-order valence-electron chi connectivity index (χ4n) is 0.972. The second-order valence-electron chi connectivity index (χ2n) is 2.39. The van der Waals surface area contributed by atoms with Gasteiger partial charge in [0.15, 0.2) is 0 Å². The van der Waals surface area contributed by atoms with Crippen LogP contribution in [0.3, 0.4) is 0 Å². The smallest absolute Gasteiger partial charge is 0.0584 e. The summed E-state index contributed by atoms with van der Waals surface area (Å²) in [4.78, 5) is 0. The maximum atomic E-state index is 5.29. The second kappa shape index (κ2) is 2.31. The zero-order valence-electron chi connectivity index (χ0n) is 5.31. The molecule has 0 aliphatic carbocycles. The van der Waals surface area contributed by atoms with Crippen molar-refractivity contribution in [2.45, 2.75) is 25.9 Å². The zero-order chi connectivity index (χ0) is 5.98. The van der Waals surface area contributed by atoms with E-state index in [4.69, 9.17) is 4.74 Å². The molecule has 0 aromatic carbocycles. The van der Waals surface area contributed by atoms with Crippen LogP contribution in [0.25, 0.3) is 0 Å². The lowest BCUT2D eigenvalue weighted by atomic mass is 10.1. The molecule has 1 saturated heterocycles. The van der Waals surface area contributed by atoms with Crippen molar-refractivity contribution in [1.82, 2.24) is 0 Å². The zero-order valence-corrected chi connectivity index (χ0v) is 5.31. The predicted molar refractivity (Wildman–Crippen MR) is 33.8 cm³/mol. The number of hydrogen-bond donors (Lipinski definition) is 0. The molecule has 0 N–H and O–H groups in total. The van der Waals surface area contributed by atoms with E-state index in [1.807, 2.05) is 0 Å². The lowest BCUT2D eigenvalue weighted by Crippen LogP contribution is -2.16. The van der Waals surface area contributed by atoms with Crippen LogP contribution in [-0.2, 0) is 4.74 Å². The molecule has 8 heavy (non-hydrogen) atoms. The monoisotopic (exact) mass is 112 g/mol. The molecule has 46 valence electrons. The van der Waals surface area contributed by atoms with Crippen LogP contribution in [-0.4, -0.2) is 12.7 Å². The van der Waals surface area contributed by atoms with Gasteiger partial charge >= 0.3 is 0 Å². The summed E-state index contributed by atoms with van der Waals surface area (Å²) in [6, 6.07) is 0. The molecule has 0 saturated carbocycles. The van der Waals surface area contributed by atoms with Gasteiger partial charge in [-0.25, -0.2) is 0 Å². The van der Waals surface area contributed by atoms with Gasteiger partial charge in [0, 0.05) is 0 Å². The first-order chi connectivity index (χ1) is 3.79. The van der Waals surface area contributed by atoms with Gasteiger partial charge in [-0.2, -0.15) is 0 Å². The lowest BCUT2D eigenvalue weighted by molar-refractivity contribution is 0.0489. The van der Waals surface area contributed by atoms with E-state index in [-0.39, 0.29) is 0 Å². The third-order valence-corrected chi connectivity index (χ3v) is 1.43. The molecule has 0 radical (unpaired) electrons. The van der Waals surface area contributed by atoms with Crippen LogP contribution in [0.1, 0.15) is 19.8 Å². The highest BCUT2D eigenvalue weighted by Gasteiger charge is 2.09. The van der Waals surface area contributed by atoms with Gasteiger partial charge in [-0.1, -0.05) is 12.2 Å². The lowest BCUT2D eigenvalue weighted by Gasteiger charge is -2.20. The van der Waals surface area contributed by atoms with Gasteiger partial charge < -0.3 is 4.74 Å². The minimum Gasteiger partial charge on any atom is -0.378 e. The standard InChI is InChI=1S/C7H12O/c1-6-3-4-8-7(2)5-6/h7H,1,3-5H2,2H3. The molecule has 1 aliphatic heterocycles. The minimum absolute atomic E-state index is 0.413. The molecule has 1 fully saturated rings. The first-order valence-corrected chi connectivity index (χ1v) is 3.07. The summed E-state index contributed by atoms with van der Waals surface area (Å²) in [6.45, 7) is 6.85. The summed E-state index contributed by atoms with van der Waals surface area (Å²) < 4.78 is 5.29. The van der Waals surface area contributed by atoms with Crippen molar-refractivity contribution in [3.8, 4) is 0 Å². The van der Waals surface area contributed by atoms with Gasteiger partial charge in [0.25, 0.3) is 0 Å². The molecular weight excluding hydrogens is 100 g/mol. The number of ether oxygens (including phenoxy) is 1. The normalized spacial score (nSPS) is 30.6. The minimum atomic E-state index is 0.413. The molecule has 0 aromatic heterocycles. The summed E-state index contributed by atoms with van der Waals surface area (Å²) in [5.74, 6) is 0. The van der Waals surface area contributed by atoms with Gasteiger partial charge in [0.05, 0.1) is 12.7 Å². The maximum absolute atomic E-state index is 5.29. The molecule has 1 aliphatic rings. The Labute approximate surface area is 50.3 Å². The Bertz CT molecular complexity index is 96.6. The third-order valence-electron chi connectivity index (χ3n) is 1.43. The second-order valence-corrected chi connectivity index (χ2v) is 2.39. The number of rotatable bonds is 0. The Kier molecular flexibility index (Phi) is 1.69. The van der Waals surface area contributed by atoms with E-state index in [9.17, 15) is 0 Å². The van der Waals surface area contributed by atoms with Crippen LogP contribution >= 0.6 is 0 Å². The topological polar surface area (TPSA) is 9.23 Å². The van der Waals surface area contributed by atoms with Gasteiger partial charge in [-0.05, 0) is 19.8 Å². The highest BCUT2D eigenvalue weighted by atomic mass is 16.5. The molecule has 1 heteroatoms. The van der Waals surface area contributed by atoms with Crippen LogP contribution in [0, 0.1) is 0 Å². The van der Waals surface area contributed by atoms with Crippen LogP contribution in [0.5, 0.6) is 0 Å². The van der Waals surface area contributed by atoms with Crippen molar-refractivity contribution in [3.05, 3.63) is 12.2 Å². The van der Waals surface area contributed by atoms with Crippen LogP contribution < -0.4 is 0 Å². The Morgan fingerprint density at radius 3 is 2.88 bits per heavy atom. The van der Waals surface area contributed by atoms with E-state index in [0.717, 1.165) is 19.4 Å². The Morgan fingerprint density at radius 2 is 2.50 bits per heavy atom. The Morgan fingerprint density at radius 1 is 1.75 bits per heavy atom. The molecule has 1 unspecified atom stereocenters. The molecule has 0 bridgehead atoms. The van der Waals surface area contributed by atoms with E-state index >= 15 is 0 Å². The highest BCUT2D eigenvalue weighted by Crippen LogP contribution is 2.15. The average Bonchev–Trinajstić information content (AvgIpc) is 1.64. The molecule has 1 atom stereocenters. The molecule has 0 spiro atoms. The maximum Gasteiger partial charge on any atom is 0.0584 e. The Balaban J connectivity index is 2.34. The van der Waals surface area contributed by atoms with E-state index in [2.05, 4.69) is 13.5 Å². The van der Waals surface area contributed by atoms with Crippen molar-refractivity contribution in [2.24, 2.45) is 0 Å². The van der Waals surface area contributed by atoms with E-state index in [0.29, 0.717) is 6.10 Å². The summed E-state index contributed by atoms with van der Waals surface area (Å²) in [5, 5.41) is 0. The highest BCUT2D eigenvalue weighted by molar-refractivity contribution is 4.97. The first-order valence-electron chi connectivity index (χ1n) is 3.07. The SMILES string of the molecule is C=C1CCOC(C)C1. The van der Waals surface area contributed by atoms with E-state index in [1.54, 1.807) is 0 Å². The Hall–Kier alpha value is -0.300. The van der Waals surface area contributed by atoms with Crippen molar-refractivity contribution in [3.63, 3.8) is 0 Å². The summed E-state index contributed by atoms with van der Waals surface area (Å²) in [7, 11) is 0. The van der Waals surface area contributed by atoms with Gasteiger partial charge in [-0.3, -0.25) is 0 Å². The largest absolute Gasteiger partial charge is 0.378 e. The fourth-order valence-corrected chi connectivity index (χ4v) is 0.972. The average molecular weight is 112 g/mol. The van der Waals surface area contributed by atoms with Gasteiger partial charge in [0.1, 0.15) is 0 Å². The van der Waals surface area contributed by atoms with Crippen LogP contribution in [0.4, 0.5) is 0 Å². The molecule has 1 heterocycles. The fraction of sp³-hybridized carbons (Fsp3) is 0.714. The third kappa shape index (κ3) is 1.34. The summed E-state index contributed by atoms with van der Waals surface area (Å²) in [6.07, 6.45) is 2.53. The molecule has 1 nitrogen and oxygen atoms in total.